The summed E-state index contributed by atoms with van der Waals surface area (Å²) in [4.78, 5) is 10.2. The first-order chi connectivity index (χ1) is 6.45. The molecule has 0 saturated carbocycles. The van der Waals surface area contributed by atoms with E-state index >= 15 is 0 Å². The highest BCUT2D eigenvalue weighted by Gasteiger charge is 2.40. The molecular formula is C7H8F2N2O2S. The minimum atomic E-state index is -3.80. The Bertz CT molecular complexity index is 340. The van der Waals surface area contributed by atoms with Gasteiger partial charge in [0.25, 0.3) is 0 Å². The summed E-state index contributed by atoms with van der Waals surface area (Å²) >= 11 is -0.0260. The molecule has 0 spiro atoms. The predicted molar refractivity (Wildman–Crippen MR) is 46.3 cm³/mol. The largest absolute Gasteiger partial charge is 0.476 e. The van der Waals surface area contributed by atoms with E-state index in [2.05, 4.69) is 5.10 Å². The van der Waals surface area contributed by atoms with Crippen molar-refractivity contribution in [2.24, 2.45) is 0 Å². The van der Waals surface area contributed by atoms with Gasteiger partial charge in [0.2, 0.25) is 0 Å². The Morgan fingerprint density at radius 2 is 2.43 bits per heavy atom. The number of carboxylic acid groups (broad SMARTS) is 1. The molecule has 0 bridgehead atoms. The zero-order valence-corrected chi connectivity index (χ0v) is 8.09. The third-order valence-electron chi connectivity index (χ3n) is 1.43. The Kier molecular flexibility index (Phi) is 3.10. The standard InChI is InChI=1S/C7H8F2N2O2S/c1-2-11-4-5(3-10-11)14-7(8,9)6(12)13/h3-4H,2H2,1H3,(H,12,13). The minimum absolute atomic E-state index is 0.0260. The second-order valence-corrected chi connectivity index (χ2v) is 3.64. The van der Waals surface area contributed by atoms with Crippen LogP contribution in [-0.2, 0) is 11.3 Å². The van der Waals surface area contributed by atoms with Crippen molar-refractivity contribution in [3.8, 4) is 0 Å². The lowest BCUT2D eigenvalue weighted by Gasteiger charge is -2.07. The molecule has 0 saturated heterocycles. The van der Waals surface area contributed by atoms with Crippen molar-refractivity contribution in [3.63, 3.8) is 0 Å². The van der Waals surface area contributed by atoms with E-state index in [0.717, 1.165) is 0 Å². The lowest BCUT2D eigenvalue weighted by Crippen LogP contribution is -2.23. The van der Waals surface area contributed by atoms with Crippen LogP contribution in [0.2, 0.25) is 0 Å². The SMILES string of the molecule is CCn1cc(SC(F)(F)C(=O)O)cn1. The number of carbonyl (C=O) groups is 1. The molecule has 0 aliphatic rings. The van der Waals surface area contributed by atoms with Crippen molar-refractivity contribution in [2.45, 2.75) is 23.6 Å². The normalized spacial score (nSPS) is 11.6. The van der Waals surface area contributed by atoms with Gasteiger partial charge in [0, 0.05) is 12.7 Å². The summed E-state index contributed by atoms with van der Waals surface area (Å²) in [5.74, 6) is -2.15. The van der Waals surface area contributed by atoms with E-state index in [4.69, 9.17) is 5.11 Å². The number of hydrogen-bond acceptors (Lipinski definition) is 3. The predicted octanol–water partition coefficient (Wildman–Crippen LogP) is 1.67. The molecule has 1 heterocycles. The summed E-state index contributed by atoms with van der Waals surface area (Å²) in [6.45, 7) is 2.36. The maximum Gasteiger partial charge on any atom is 0.393 e. The smallest absolute Gasteiger partial charge is 0.393 e. The van der Waals surface area contributed by atoms with Gasteiger partial charge in [-0.1, -0.05) is 0 Å². The Morgan fingerprint density at radius 3 is 2.86 bits per heavy atom. The molecule has 1 aromatic rings. The van der Waals surface area contributed by atoms with Gasteiger partial charge in [0.1, 0.15) is 0 Å². The summed E-state index contributed by atoms with van der Waals surface area (Å²) in [5, 5.41) is 8.11. The Hall–Kier alpha value is -1.11. The number of halogens is 2. The summed E-state index contributed by atoms with van der Waals surface area (Å²) < 4.78 is 26.8. The van der Waals surface area contributed by atoms with E-state index in [0.29, 0.717) is 6.54 Å². The lowest BCUT2D eigenvalue weighted by molar-refractivity contribution is -0.152. The fraction of sp³-hybridized carbons (Fsp3) is 0.429. The van der Waals surface area contributed by atoms with Crippen LogP contribution in [0.4, 0.5) is 8.78 Å². The summed E-state index contributed by atoms with van der Waals surface area (Å²) in [6, 6.07) is 0. The van der Waals surface area contributed by atoms with E-state index in [9.17, 15) is 13.6 Å². The Labute approximate surface area is 82.9 Å². The fourth-order valence-corrected chi connectivity index (χ4v) is 1.42. The number of rotatable bonds is 4. The van der Waals surface area contributed by atoms with Crippen LogP contribution in [0.5, 0.6) is 0 Å². The molecule has 0 aliphatic carbocycles. The Balaban J connectivity index is 2.73. The summed E-state index contributed by atoms with van der Waals surface area (Å²) in [5.41, 5.74) is 0. The van der Waals surface area contributed by atoms with Gasteiger partial charge < -0.3 is 5.11 Å². The van der Waals surface area contributed by atoms with E-state index in [1.807, 2.05) is 0 Å². The van der Waals surface area contributed by atoms with Crippen LogP contribution >= 0.6 is 11.8 Å². The molecular weight excluding hydrogens is 214 g/mol. The molecule has 0 unspecified atom stereocenters. The van der Waals surface area contributed by atoms with Gasteiger partial charge >= 0.3 is 11.2 Å². The van der Waals surface area contributed by atoms with Gasteiger partial charge in [-0.25, -0.2) is 4.79 Å². The summed E-state index contributed by atoms with van der Waals surface area (Å²) in [6.07, 6.45) is 2.59. The average molecular weight is 222 g/mol. The molecule has 1 aromatic heterocycles. The van der Waals surface area contributed by atoms with Gasteiger partial charge in [-0.3, -0.25) is 4.68 Å². The molecule has 1 rings (SSSR count). The zero-order valence-electron chi connectivity index (χ0n) is 7.28. The van der Waals surface area contributed by atoms with Gasteiger partial charge in [0.15, 0.2) is 0 Å². The molecule has 14 heavy (non-hydrogen) atoms. The van der Waals surface area contributed by atoms with Crippen LogP contribution in [-0.4, -0.2) is 26.1 Å². The highest BCUT2D eigenvalue weighted by molar-refractivity contribution is 8.01. The number of carboxylic acids is 1. The molecule has 0 atom stereocenters. The number of nitrogens with zero attached hydrogens (tertiary/aromatic N) is 2. The first kappa shape index (κ1) is 11.0. The van der Waals surface area contributed by atoms with Crippen molar-refractivity contribution in [3.05, 3.63) is 12.4 Å². The summed E-state index contributed by atoms with van der Waals surface area (Å²) in [7, 11) is 0. The van der Waals surface area contributed by atoms with Crippen molar-refractivity contribution < 1.29 is 18.7 Å². The molecule has 7 heteroatoms. The highest BCUT2D eigenvalue weighted by Crippen LogP contribution is 2.35. The van der Waals surface area contributed by atoms with E-state index in [1.165, 1.54) is 17.1 Å². The number of aliphatic carboxylic acids is 1. The lowest BCUT2D eigenvalue weighted by atomic mass is 10.7. The molecule has 0 fully saturated rings. The number of hydrogen-bond donors (Lipinski definition) is 1. The maximum absolute atomic E-state index is 12.7. The molecule has 4 nitrogen and oxygen atoms in total. The van der Waals surface area contributed by atoms with Crippen LogP contribution in [0.25, 0.3) is 0 Å². The quantitative estimate of drug-likeness (QED) is 0.787. The monoisotopic (exact) mass is 222 g/mol. The van der Waals surface area contributed by atoms with Gasteiger partial charge in [-0.15, -0.1) is 0 Å². The average Bonchev–Trinajstić information content (AvgIpc) is 2.51. The van der Waals surface area contributed by atoms with Crippen LogP contribution < -0.4 is 0 Å². The second kappa shape index (κ2) is 3.95. The number of aromatic nitrogens is 2. The zero-order chi connectivity index (χ0) is 10.8. The number of aryl methyl sites for hydroxylation is 1. The van der Waals surface area contributed by atoms with Crippen molar-refractivity contribution in [1.29, 1.82) is 0 Å². The third-order valence-corrected chi connectivity index (χ3v) is 2.31. The van der Waals surface area contributed by atoms with E-state index in [1.54, 1.807) is 6.92 Å². The molecule has 0 aliphatic heterocycles. The Morgan fingerprint density at radius 1 is 1.79 bits per heavy atom. The molecule has 78 valence electrons. The highest BCUT2D eigenvalue weighted by atomic mass is 32.2. The van der Waals surface area contributed by atoms with Crippen LogP contribution in [0.3, 0.4) is 0 Å². The van der Waals surface area contributed by atoms with Crippen LogP contribution in [0.1, 0.15) is 6.92 Å². The topological polar surface area (TPSA) is 55.1 Å². The number of alkyl halides is 2. The van der Waals surface area contributed by atoms with Crippen molar-refractivity contribution >= 4 is 17.7 Å². The molecule has 1 N–H and O–H groups in total. The van der Waals surface area contributed by atoms with Crippen molar-refractivity contribution in [1.82, 2.24) is 9.78 Å². The first-order valence-corrected chi connectivity index (χ1v) is 4.60. The first-order valence-electron chi connectivity index (χ1n) is 3.78. The van der Waals surface area contributed by atoms with Gasteiger partial charge in [-0.05, 0) is 18.7 Å². The maximum atomic E-state index is 12.7. The molecule has 0 radical (unpaired) electrons. The van der Waals surface area contributed by atoms with Gasteiger partial charge in [0.05, 0.1) is 11.1 Å². The second-order valence-electron chi connectivity index (χ2n) is 2.46. The van der Waals surface area contributed by atoms with Crippen LogP contribution in [0.15, 0.2) is 17.3 Å². The fourth-order valence-electron chi connectivity index (χ4n) is 0.762. The van der Waals surface area contributed by atoms with Crippen molar-refractivity contribution in [2.75, 3.05) is 0 Å². The number of thioether (sulfide) groups is 1. The van der Waals surface area contributed by atoms with Crippen LogP contribution in [0, 0.1) is 0 Å². The van der Waals surface area contributed by atoms with Gasteiger partial charge in [-0.2, -0.15) is 13.9 Å². The minimum Gasteiger partial charge on any atom is -0.476 e. The van der Waals surface area contributed by atoms with E-state index in [-0.39, 0.29) is 16.7 Å². The third kappa shape index (κ3) is 2.44. The molecule has 0 aromatic carbocycles. The van der Waals surface area contributed by atoms with E-state index < -0.39 is 11.2 Å². The molecule has 0 amide bonds.